The molecule has 0 aliphatic carbocycles. The maximum absolute atomic E-state index is 12.3. The molecule has 0 spiro atoms. The van der Waals surface area contributed by atoms with Crippen LogP contribution < -0.4 is 9.62 Å². The molecule has 2 aromatic carbocycles. The van der Waals surface area contributed by atoms with Crippen molar-refractivity contribution in [2.45, 2.75) is 6.42 Å². The number of hydrogen-bond acceptors (Lipinski definition) is 7. The molecule has 3 amide bonds. The average molecular weight is 457 g/mol. The lowest BCUT2D eigenvalue weighted by atomic mass is 10.1. The highest BCUT2D eigenvalue weighted by Gasteiger charge is 2.33. The van der Waals surface area contributed by atoms with E-state index < -0.39 is 40.3 Å². The summed E-state index contributed by atoms with van der Waals surface area (Å²) in [6, 6.07) is 8.87. The molecule has 2 aromatic rings. The standard InChI is InChI=1S/C21H19N3O7S/c1-23-19(26)15-5-4-14(10-16(15)20(23)27)22-18(25)11-31-21(28)13-3-6-17-12(9-13)7-8-24(17)32(2,29)30/h3-6,9-10H,7-8,11H2,1-2H3,(H,22,25). The molecule has 0 saturated carbocycles. The molecule has 2 aliphatic heterocycles. The Hall–Kier alpha value is -3.73. The molecule has 0 fully saturated rings. The van der Waals surface area contributed by atoms with Gasteiger partial charge in [0, 0.05) is 19.3 Å². The van der Waals surface area contributed by atoms with Crippen molar-refractivity contribution >= 4 is 45.1 Å². The summed E-state index contributed by atoms with van der Waals surface area (Å²) in [7, 11) is -2.02. The molecule has 11 heteroatoms. The van der Waals surface area contributed by atoms with Crippen molar-refractivity contribution in [1.82, 2.24) is 4.90 Å². The topological polar surface area (TPSA) is 130 Å². The summed E-state index contributed by atoms with van der Waals surface area (Å²) in [4.78, 5) is 49.5. The molecule has 0 aromatic heterocycles. The third kappa shape index (κ3) is 3.82. The Balaban J connectivity index is 1.38. The van der Waals surface area contributed by atoms with Crippen molar-refractivity contribution in [3.63, 3.8) is 0 Å². The second-order valence-electron chi connectivity index (χ2n) is 7.48. The average Bonchev–Trinajstić information content (AvgIpc) is 3.27. The van der Waals surface area contributed by atoms with Crippen LogP contribution in [0.4, 0.5) is 11.4 Å². The van der Waals surface area contributed by atoms with E-state index in [0.29, 0.717) is 29.9 Å². The molecule has 166 valence electrons. The molecule has 0 bridgehead atoms. The highest BCUT2D eigenvalue weighted by atomic mass is 32.2. The van der Waals surface area contributed by atoms with Gasteiger partial charge >= 0.3 is 5.97 Å². The lowest BCUT2D eigenvalue weighted by molar-refractivity contribution is -0.119. The summed E-state index contributed by atoms with van der Waals surface area (Å²) in [5, 5.41) is 2.52. The Kier molecular flexibility index (Phi) is 5.21. The number of fused-ring (bicyclic) bond motifs is 2. The Labute approximate surface area is 183 Å². The van der Waals surface area contributed by atoms with Gasteiger partial charge in [0.15, 0.2) is 6.61 Å². The third-order valence-electron chi connectivity index (χ3n) is 5.28. The summed E-state index contributed by atoms with van der Waals surface area (Å²) >= 11 is 0. The van der Waals surface area contributed by atoms with Gasteiger partial charge in [0.2, 0.25) is 10.0 Å². The number of ether oxygens (including phenoxy) is 1. The Bertz CT molecular complexity index is 1290. The maximum atomic E-state index is 12.3. The molecule has 4 rings (SSSR count). The largest absolute Gasteiger partial charge is 0.452 e. The van der Waals surface area contributed by atoms with Gasteiger partial charge in [0.05, 0.1) is 28.6 Å². The van der Waals surface area contributed by atoms with E-state index in [1.54, 1.807) is 12.1 Å². The third-order valence-corrected chi connectivity index (χ3v) is 6.46. The predicted octanol–water partition coefficient (Wildman–Crippen LogP) is 1.03. The molecule has 1 N–H and O–H groups in total. The lowest BCUT2D eigenvalue weighted by Crippen LogP contribution is -2.27. The van der Waals surface area contributed by atoms with E-state index in [1.807, 2.05) is 0 Å². The number of carbonyl (C=O) groups is 4. The van der Waals surface area contributed by atoms with E-state index in [4.69, 9.17) is 4.74 Å². The zero-order chi connectivity index (χ0) is 23.2. The van der Waals surface area contributed by atoms with E-state index in [2.05, 4.69) is 5.32 Å². The van der Waals surface area contributed by atoms with E-state index in [9.17, 15) is 27.6 Å². The van der Waals surface area contributed by atoms with Crippen LogP contribution in [0.2, 0.25) is 0 Å². The summed E-state index contributed by atoms with van der Waals surface area (Å²) in [5.74, 6) is -2.21. The Morgan fingerprint density at radius 3 is 2.50 bits per heavy atom. The number of nitrogens with one attached hydrogen (secondary N) is 1. The van der Waals surface area contributed by atoms with Gasteiger partial charge < -0.3 is 10.1 Å². The predicted molar refractivity (Wildman–Crippen MR) is 114 cm³/mol. The van der Waals surface area contributed by atoms with E-state index in [0.717, 1.165) is 11.2 Å². The van der Waals surface area contributed by atoms with Crippen molar-refractivity contribution < 1.29 is 32.3 Å². The SMILES string of the molecule is CN1C(=O)c2ccc(NC(=O)COC(=O)c3ccc4c(c3)CCN4S(C)(=O)=O)cc2C1=O. The van der Waals surface area contributed by atoms with Crippen LogP contribution >= 0.6 is 0 Å². The van der Waals surface area contributed by atoms with Crippen molar-refractivity contribution in [1.29, 1.82) is 0 Å². The first-order valence-electron chi connectivity index (χ1n) is 9.60. The van der Waals surface area contributed by atoms with Gasteiger partial charge in [-0.1, -0.05) is 0 Å². The van der Waals surface area contributed by atoms with Crippen molar-refractivity contribution in [2.24, 2.45) is 0 Å². The fraction of sp³-hybridized carbons (Fsp3) is 0.238. The zero-order valence-electron chi connectivity index (χ0n) is 17.2. The summed E-state index contributed by atoms with van der Waals surface area (Å²) < 4.78 is 29.9. The number of anilines is 2. The molecule has 0 unspecified atom stereocenters. The molecule has 0 atom stereocenters. The van der Waals surface area contributed by atoms with Crippen LogP contribution in [0.5, 0.6) is 0 Å². The molecule has 0 radical (unpaired) electrons. The fourth-order valence-electron chi connectivity index (χ4n) is 3.69. The minimum Gasteiger partial charge on any atom is -0.452 e. The van der Waals surface area contributed by atoms with Crippen molar-refractivity contribution in [3.05, 3.63) is 58.7 Å². The van der Waals surface area contributed by atoms with E-state index >= 15 is 0 Å². The van der Waals surface area contributed by atoms with Gasteiger partial charge in [-0.2, -0.15) is 0 Å². The van der Waals surface area contributed by atoms with Crippen LogP contribution in [0.1, 0.15) is 36.6 Å². The molecule has 0 saturated heterocycles. The molecular formula is C21H19N3O7S. The van der Waals surface area contributed by atoms with Gasteiger partial charge in [0.1, 0.15) is 0 Å². The number of hydrogen-bond donors (Lipinski definition) is 1. The van der Waals surface area contributed by atoms with Crippen molar-refractivity contribution in [3.8, 4) is 0 Å². The first-order chi connectivity index (χ1) is 15.1. The zero-order valence-corrected chi connectivity index (χ0v) is 18.1. The number of imide groups is 1. The van der Waals surface area contributed by atoms with Crippen LogP contribution in [0.15, 0.2) is 36.4 Å². The quantitative estimate of drug-likeness (QED) is 0.524. The van der Waals surface area contributed by atoms with E-state index in [-0.39, 0.29) is 16.7 Å². The normalized spacial score (nSPS) is 14.9. The Morgan fingerprint density at radius 2 is 1.78 bits per heavy atom. The minimum atomic E-state index is -3.39. The van der Waals surface area contributed by atoms with Crippen LogP contribution in [0.3, 0.4) is 0 Å². The number of carbonyl (C=O) groups excluding carboxylic acids is 4. The smallest absolute Gasteiger partial charge is 0.338 e. The van der Waals surface area contributed by atoms with Gasteiger partial charge in [-0.3, -0.25) is 23.6 Å². The number of benzene rings is 2. The molecule has 2 heterocycles. The van der Waals surface area contributed by atoms with Crippen LogP contribution in [-0.4, -0.2) is 63.5 Å². The second kappa shape index (κ2) is 7.75. The number of esters is 1. The van der Waals surface area contributed by atoms with Gasteiger partial charge in [-0.25, -0.2) is 13.2 Å². The summed E-state index contributed by atoms with van der Waals surface area (Å²) in [5.41, 5.74) is 2.17. The van der Waals surface area contributed by atoms with Gasteiger partial charge in [-0.05, 0) is 48.4 Å². The van der Waals surface area contributed by atoms with E-state index in [1.165, 1.54) is 35.6 Å². The highest BCUT2D eigenvalue weighted by Crippen LogP contribution is 2.31. The van der Waals surface area contributed by atoms with Crippen LogP contribution in [-0.2, 0) is 26.0 Å². The van der Waals surface area contributed by atoms with Crippen LogP contribution in [0, 0.1) is 0 Å². The summed E-state index contributed by atoms with van der Waals surface area (Å²) in [6.07, 6.45) is 1.59. The lowest BCUT2D eigenvalue weighted by Gasteiger charge is -2.16. The Morgan fingerprint density at radius 1 is 1.06 bits per heavy atom. The number of nitrogens with zero attached hydrogens (tertiary/aromatic N) is 2. The first-order valence-corrected chi connectivity index (χ1v) is 11.4. The van der Waals surface area contributed by atoms with Crippen LogP contribution in [0.25, 0.3) is 0 Å². The molecule has 2 aliphatic rings. The van der Waals surface area contributed by atoms with Gasteiger partial charge in [-0.15, -0.1) is 0 Å². The van der Waals surface area contributed by atoms with Gasteiger partial charge in [0.25, 0.3) is 17.7 Å². The highest BCUT2D eigenvalue weighted by molar-refractivity contribution is 7.92. The van der Waals surface area contributed by atoms with Crippen molar-refractivity contribution in [2.75, 3.05) is 36.1 Å². The molecule has 32 heavy (non-hydrogen) atoms. The number of sulfonamides is 1. The first kappa shape index (κ1) is 21.5. The minimum absolute atomic E-state index is 0.188. The number of amides is 3. The molecule has 10 nitrogen and oxygen atoms in total. The monoisotopic (exact) mass is 457 g/mol. The summed E-state index contributed by atoms with van der Waals surface area (Å²) in [6.45, 7) is -0.255. The number of rotatable bonds is 5. The second-order valence-corrected chi connectivity index (χ2v) is 9.39. The maximum Gasteiger partial charge on any atom is 0.338 e. The fourth-order valence-corrected chi connectivity index (χ4v) is 4.65. The molecular weight excluding hydrogens is 438 g/mol.